The molecule has 1 aliphatic carbocycles. The predicted molar refractivity (Wildman–Crippen MR) is 94.3 cm³/mol. The van der Waals surface area contributed by atoms with Crippen LogP contribution < -0.4 is 19.5 Å². The van der Waals surface area contributed by atoms with Crippen molar-refractivity contribution in [3.63, 3.8) is 0 Å². The topological polar surface area (TPSA) is 56.8 Å². The molecule has 4 rings (SSSR count). The van der Waals surface area contributed by atoms with Crippen molar-refractivity contribution >= 4 is 11.6 Å². The second-order valence-corrected chi connectivity index (χ2v) is 6.73. The Morgan fingerprint density at radius 1 is 1.07 bits per heavy atom. The highest BCUT2D eigenvalue weighted by molar-refractivity contribution is 5.92. The zero-order valence-electron chi connectivity index (χ0n) is 14.5. The molecule has 142 valence electrons. The summed E-state index contributed by atoms with van der Waals surface area (Å²) in [5.74, 6) is 0.651. The van der Waals surface area contributed by atoms with Crippen LogP contribution in [0.2, 0.25) is 0 Å². The molecule has 1 aliphatic heterocycles. The molecular weight excluding hydrogens is 356 g/mol. The third-order valence-corrected chi connectivity index (χ3v) is 4.70. The predicted octanol–water partition coefficient (Wildman–Crippen LogP) is 4.51. The van der Waals surface area contributed by atoms with E-state index in [0.29, 0.717) is 22.7 Å². The van der Waals surface area contributed by atoms with Crippen LogP contribution in [0.1, 0.15) is 31.2 Å². The van der Waals surface area contributed by atoms with Crippen molar-refractivity contribution in [1.29, 1.82) is 0 Å². The Balaban J connectivity index is 1.36. The number of halogens is 2. The summed E-state index contributed by atoms with van der Waals surface area (Å²) < 4.78 is 40.6. The molecule has 0 atom stereocenters. The van der Waals surface area contributed by atoms with E-state index in [9.17, 15) is 13.6 Å². The van der Waals surface area contributed by atoms with E-state index in [-0.39, 0.29) is 18.1 Å². The van der Waals surface area contributed by atoms with E-state index in [2.05, 4.69) is 10.1 Å². The molecule has 27 heavy (non-hydrogen) atoms. The van der Waals surface area contributed by atoms with Crippen LogP contribution in [0.4, 0.5) is 14.5 Å². The lowest BCUT2D eigenvalue weighted by atomic mass is 10.1. The molecule has 1 fully saturated rings. The van der Waals surface area contributed by atoms with Gasteiger partial charge in [-0.2, -0.15) is 8.78 Å². The van der Waals surface area contributed by atoms with Crippen LogP contribution in [0.15, 0.2) is 42.5 Å². The van der Waals surface area contributed by atoms with Gasteiger partial charge in [0.25, 0.3) is 5.79 Å². The van der Waals surface area contributed by atoms with Gasteiger partial charge < -0.3 is 19.5 Å². The average Bonchev–Trinajstić information content (AvgIpc) is 3.22. The van der Waals surface area contributed by atoms with E-state index in [0.717, 1.165) is 25.7 Å². The van der Waals surface area contributed by atoms with Gasteiger partial charge in [0.05, 0.1) is 6.42 Å². The molecule has 1 amide bonds. The van der Waals surface area contributed by atoms with Crippen LogP contribution in [-0.2, 0) is 11.2 Å². The summed E-state index contributed by atoms with van der Waals surface area (Å²) in [4.78, 5) is 12.3. The molecule has 0 radical (unpaired) electrons. The Labute approximate surface area is 155 Å². The van der Waals surface area contributed by atoms with Crippen LogP contribution in [0.25, 0.3) is 0 Å². The Morgan fingerprint density at radius 2 is 1.78 bits per heavy atom. The summed E-state index contributed by atoms with van der Waals surface area (Å²) in [6.07, 6.45) is 4.02. The maximum Gasteiger partial charge on any atom is 0.387 e. The lowest BCUT2D eigenvalue weighted by Crippen LogP contribution is -2.34. The molecule has 0 aromatic heterocycles. The van der Waals surface area contributed by atoms with Gasteiger partial charge in [0.1, 0.15) is 5.75 Å². The first-order valence-electron chi connectivity index (χ1n) is 8.87. The molecule has 0 saturated heterocycles. The Morgan fingerprint density at radius 3 is 2.48 bits per heavy atom. The highest BCUT2D eigenvalue weighted by Gasteiger charge is 2.44. The molecule has 2 aliphatic rings. The lowest BCUT2D eigenvalue weighted by Gasteiger charge is -2.21. The van der Waals surface area contributed by atoms with E-state index >= 15 is 0 Å². The van der Waals surface area contributed by atoms with Gasteiger partial charge in [0, 0.05) is 24.6 Å². The fourth-order valence-electron chi connectivity index (χ4n) is 3.47. The van der Waals surface area contributed by atoms with Gasteiger partial charge in [0.2, 0.25) is 5.91 Å². The van der Waals surface area contributed by atoms with Gasteiger partial charge in [-0.25, -0.2) is 0 Å². The molecule has 2 aromatic carbocycles. The van der Waals surface area contributed by atoms with Gasteiger partial charge in [-0.15, -0.1) is 0 Å². The van der Waals surface area contributed by atoms with Gasteiger partial charge in [-0.05, 0) is 42.7 Å². The number of anilines is 1. The molecule has 0 unspecified atom stereocenters. The van der Waals surface area contributed by atoms with Crippen LogP contribution in [0.3, 0.4) is 0 Å². The molecule has 0 bridgehead atoms. The Hall–Kier alpha value is -2.83. The van der Waals surface area contributed by atoms with Gasteiger partial charge in [0.15, 0.2) is 11.5 Å². The minimum Gasteiger partial charge on any atom is -0.448 e. The summed E-state index contributed by atoms with van der Waals surface area (Å²) in [6.45, 7) is -2.87. The first-order chi connectivity index (χ1) is 13.0. The van der Waals surface area contributed by atoms with E-state index in [1.807, 2.05) is 0 Å². The molecule has 2 aromatic rings. The van der Waals surface area contributed by atoms with Crippen LogP contribution in [0.5, 0.6) is 17.2 Å². The average molecular weight is 375 g/mol. The second kappa shape index (κ2) is 7.06. The third kappa shape index (κ3) is 3.97. The highest BCUT2D eigenvalue weighted by Crippen LogP contribution is 2.47. The van der Waals surface area contributed by atoms with Gasteiger partial charge in [-0.1, -0.05) is 12.1 Å². The largest absolute Gasteiger partial charge is 0.448 e. The number of hydrogen-bond donors (Lipinski definition) is 1. The van der Waals surface area contributed by atoms with Gasteiger partial charge in [-0.3, -0.25) is 4.79 Å². The van der Waals surface area contributed by atoms with Crippen LogP contribution in [0, 0.1) is 0 Å². The summed E-state index contributed by atoms with van der Waals surface area (Å²) in [6, 6.07) is 11.3. The Kier molecular flexibility index (Phi) is 4.59. The van der Waals surface area contributed by atoms with Gasteiger partial charge >= 0.3 is 6.61 Å². The van der Waals surface area contributed by atoms with E-state index < -0.39 is 12.4 Å². The molecule has 1 heterocycles. The zero-order valence-corrected chi connectivity index (χ0v) is 14.5. The number of fused-ring (bicyclic) bond motifs is 1. The fourth-order valence-corrected chi connectivity index (χ4v) is 3.47. The first kappa shape index (κ1) is 17.6. The summed E-state index contributed by atoms with van der Waals surface area (Å²) >= 11 is 0. The number of nitrogens with one attached hydrogen (secondary N) is 1. The molecular formula is C20H19F2NO4. The third-order valence-electron chi connectivity index (χ3n) is 4.70. The normalized spacial score (nSPS) is 16.7. The van der Waals surface area contributed by atoms with E-state index in [4.69, 9.17) is 9.47 Å². The number of rotatable bonds is 5. The van der Waals surface area contributed by atoms with Crippen molar-refractivity contribution in [3.8, 4) is 17.2 Å². The van der Waals surface area contributed by atoms with Crippen molar-refractivity contribution in [2.75, 3.05) is 5.32 Å². The fraction of sp³-hybridized carbons (Fsp3) is 0.350. The molecule has 1 spiro atoms. The maximum atomic E-state index is 12.3. The minimum atomic E-state index is -2.87. The SMILES string of the molecule is O=C(Cc1ccc(OC(F)F)cc1)Nc1ccc2c(c1)OC1(CCCC1)O2. The van der Waals surface area contributed by atoms with E-state index in [1.54, 1.807) is 30.3 Å². The standard InChI is InChI=1S/C20H19F2NO4/c21-19(22)25-15-6-3-13(4-7-15)11-18(24)23-14-5-8-16-17(12-14)27-20(26-16)9-1-2-10-20/h3-8,12,19H,1-2,9-11H2,(H,23,24). The first-order valence-corrected chi connectivity index (χ1v) is 8.87. The molecule has 7 heteroatoms. The number of carbonyl (C=O) groups is 1. The van der Waals surface area contributed by atoms with Crippen molar-refractivity contribution in [2.24, 2.45) is 0 Å². The lowest BCUT2D eigenvalue weighted by molar-refractivity contribution is -0.115. The van der Waals surface area contributed by atoms with Crippen molar-refractivity contribution in [2.45, 2.75) is 44.5 Å². The number of hydrogen-bond acceptors (Lipinski definition) is 4. The van der Waals surface area contributed by atoms with E-state index in [1.165, 1.54) is 12.1 Å². The maximum absolute atomic E-state index is 12.3. The highest BCUT2D eigenvalue weighted by atomic mass is 19.3. The number of alkyl halides is 2. The zero-order chi connectivity index (χ0) is 18.9. The van der Waals surface area contributed by atoms with Crippen molar-refractivity contribution in [1.82, 2.24) is 0 Å². The molecule has 1 saturated carbocycles. The molecule has 1 N–H and O–H groups in total. The monoisotopic (exact) mass is 375 g/mol. The van der Waals surface area contributed by atoms with Crippen molar-refractivity contribution < 1.29 is 27.8 Å². The quantitative estimate of drug-likeness (QED) is 0.835. The minimum absolute atomic E-state index is 0.0609. The van der Waals surface area contributed by atoms with Crippen molar-refractivity contribution in [3.05, 3.63) is 48.0 Å². The number of ether oxygens (including phenoxy) is 3. The summed E-state index contributed by atoms with van der Waals surface area (Å²) in [5, 5.41) is 2.82. The second-order valence-electron chi connectivity index (χ2n) is 6.73. The summed E-state index contributed by atoms with van der Waals surface area (Å²) in [5.41, 5.74) is 1.31. The smallest absolute Gasteiger partial charge is 0.387 e. The molecule has 5 nitrogen and oxygen atoms in total. The number of carbonyl (C=O) groups excluding carboxylic acids is 1. The van der Waals surface area contributed by atoms with Crippen LogP contribution in [-0.4, -0.2) is 18.3 Å². The summed E-state index contributed by atoms with van der Waals surface area (Å²) in [7, 11) is 0. The van der Waals surface area contributed by atoms with Crippen LogP contribution >= 0.6 is 0 Å². The number of benzene rings is 2. The number of amides is 1. The Bertz CT molecular complexity index is 832.